The molecule has 0 bridgehead atoms. The zero-order chi connectivity index (χ0) is 14.8. The van der Waals surface area contributed by atoms with Crippen LogP contribution in [0.15, 0.2) is 30.3 Å². The van der Waals surface area contributed by atoms with E-state index in [0.29, 0.717) is 0 Å². The van der Waals surface area contributed by atoms with Crippen LogP contribution in [-0.4, -0.2) is 17.0 Å². The standard InChI is InChI=1S/C17H23N3/c1-12-7-6-8-13(9-12)10-16-19-14(17(2,3)4)11-15(18-5)20-16/h6-9,11H,10H2,1-5H3,(H,18,19,20). The summed E-state index contributed by atoms with van der Waals surface area (Å²) in [4.78, 5) is 9.29. The van der Waals surface area contributed by atoms with Crippen molar-refractivity contribution in [3.8, 4) is 0 Å². The molecule has 20 heavy (non-hydrogen) atoms. The molecule has 0 amide bonds. The molecule has 2 aromatic rings. The number of nitrogens with zero attached hydrogens (tertiary/aromatic N) is 2. The molecule has 1 aromatic carbocycles. The Kier molecular flexibility index (Phi) is 4.07. The summed E-state index contributed by atoms with van der Waals surface area (Å²) in [6, 6.07) is 10.5. The number of hydrogen-bond acceptors (Lipinski definition) is 3. The monoisotopic (exact) mass is 269 g/mol. The number of anilines is 1. The molecule has 0 fully saturated rings. The number of hydrogen-bond donors (Lipinski definition) is 1. The summed E-state index contributed by atoms with van der Waals surface area (Å²) in [7, 11) is 1.89. The highest BCUT2D eigenvalue weighted by molar-refractivity contribution is 5.38. The van der Waals surface area contributed by atoms with E-state index in [4.69, 9.17) is 4.98 Å². The van der Waals surface area contributed by atoms with E-state index in [0.717, 1.165) is 23.8 Å². The number of nitrogens with one attached hydrogen (secondary N) is 1. The number of aryl methyl sites for hydroxylation is 1. The molecule has 0 unspecified atom stereocenters. The Morgan fingerprint density at radius 3 is 2.45 bits per heavy atom. The Bertz CT molecular complexity index is 597. The van der Waals surface area contributed by atoms with E-state index in [-0.39, 0.29) is 5.41 Å². The van der Waals surface area contributed by atoms with E-state index in [2.05, 4.69) is 62.3 Å². The van der Waals surface area contributed by atoms with Gasteiger partial charge < -0.3 is 5.32 Å². The predicted octanol–water partition coefficient (Wildman–Crippen LogP) is 3.72. The lowest BCUT2D eigenvalue weighted by molar-refractivity contribution is 0.563. The third-order valence-electron chi connectivity index (χ3n) is 3.24. The molecule has 1 N–H and O–H groups in total. The van der Waals surface area contributed by atoms with Crippen molar-refractivity contribution >= 4 is 5.82 Å². The van der Waals surface area contributed by atoms with E-state index >= 15 is 0 Å². The van der Waals surface area contributed by atoms with Crippen LogP contribution in [0.2, 0.25) is 0 Å². The second-order valence-electron chi connectivity index (χ2n) is 6.22. The minimum atomic E-state index is 0.0237. The first-order chi connectivity index (χ1) is 9.38. The summed E-state index contributed by atoms with van der Waals surface area (Å²) in [5.74, 6) is 1.75. The summed E-state index contributed by atoms with van der Waals surface area (Å²) < 4.78 is 0. The zero-order valence-electron chi connectivity index (χ0n) is 13.0. The van der Waals surface area contributed by atoms with Gasteiger partial charge in [0.05, 0.1) is 5.69 Å². The van der Waals surface area contributed by atoms with Crippen LogP contribution in [-0.2, 0) is 11.8 Å². The number of aromatic nitrogens is 2. The second-order valence-corrected chi connectivity index (χ2v) is 6.22. The number of benzene rings is 1. The lowest BCUT2D eigenvalue weighted by Gasteiger charge is -2.19. The van der Waals surface area contributed by atoms with E-state index < -0.39 is 0 Å². The molecular weight excluding hydrogens is 246 g/mol. The highest BCUT2D eigenvalue weighted by Gasteiger charge is 2.17. The van der Waals surface area contributed by atoms with Gasteiger partial charge in [-0.3, -0.25) is 0 Å². The predicted molar refractivity (Wildman–Crippen MR) is 84.3 cm³/mol. The normalized spacial score (nSPS) is 11.4. The summed E-state index contributed by atoms with van der Waals surface area (Å²) in [6.45, 7) is 8.62. The van der Waals surface area contributed by atoms with Gasteiger partial charge in [0.15, 0.2) is 0 Å². The maximum atomic E-state index is 4.73. The number of rotatable bonds is 3. The molecule has 0 saturated carbocycles. The van der Waals surface area contributed by atoms with Gasteiger partial charge in [-0.05, 0) is 12.5 Å². The Hall–Kier alpha value is -1.90. The maximum Gasteiger partial charge on any atom is 0.135 e. The summed E-state index contributed by atoms with van der Waals surface area (Å²) >= 11 is 0. The third kappa shape index (κ3) is 3.56. The largest absolute Gasteiger partial charge is 0.373 e. The SMILES string of the molecule is CNc1cc(C(C)(C)C)nc(Cc2cccc(C)c2)n1. The van der Waals surface area contributed by atoms with Gasteiger partial charge in [-0.1, -0.05) is 50.6 Å². The molecule has 0 aliphatic heterocycles. The molecule has 3 nitrogen and oxygen atoms in total. The molecule has 2 rings (SSSR count). The van der Waals surface area contributed by atoms with Crippen LogP contribution in [0, 0.1) is 6.92 Å². The molecule has 0 aliphatic carbocycles. The van der Waals surface area contributed by atoms with Crippen molar-refractivity contribution < 1.29 is 0 Å². The fourth-order valence-electron chi connectivity index (χ4n) is 2.09. The first-order valence-corrected chi connectivity index (χ1v) is 7.00. The molecule has 1 aromatic heterocycles. The van der Waals surface area contributed by atoms with Crippen molar-refractivity contribution in [2.24, 2.45) is 0 Å². The fourth-order valence-corrected chi connectivity index (χ4v) is 2.09. The lowest BCUT2D eigenvalue weighted by Crippen LogP contribution is -2.16. The molecule has 106 valence electrons. The van der Waals surface area contributed by atoms with Crippen LogP contribution in [0.25, 0.3) is 0 Å². The van der Waals surface area contributed by atoms with Crippen molar-refractivity contribution in [2.45, 2.75) is 39.5 Å². The quantitative estimate of drug-likeness (QED) is 0.923. The minimum absolute atomic E-state index is 0.0237. The van der Waals surface area contributed by atoms with Gasteiger partial charge >= 0.3 is 0 Å². The second kappa shape index (κ2) is 5.61. The Morgan fingerprint density at radius 2 is 1.85 bits per heavy atom. The Labute approximate surface area is 121 Å². The van der Waals surface area contributed by atoms with Crippen molar-refractivity contribution in [1.29, 1.82) is 0 Å². The molecule has 0 saturated heterocycles. The molecular formula is C17H23N3. The molecule has 0 radical (unpaired) electrons. The molecule has 3 heteroatoms. The van der Waals surface area contributed by atoms with Gasteiger partial charge in [-0.2, -0.15) is 0 Å². The van der Waals surface area contributed by atoms with Crippen LogP contribution >= 0.6 is 0 Å². The van der Waals surface area contributed by atoms with Gasteiger partial charge in [0.25, 0.3) is 0 Å². The average molecular weight is 269 g/mol. The van der Waals surface area contributed by atoms with Crippen LogP contribution < -0.4 is 5.32 Å². The van der Waals surface area contributed by atoms with E-state index in [1.54, 1.807) is 0 Å². The van der Waals surface area contributed by atoms with E-state index in [1.165, 1.54) is 11.1 Å². The molecule has 1 heterocycles. The van der Waals surface area contributed by atoms with Gasteiger partial charge in [-0.15, -0.1) is 0 Å². The highest BCUT2D eigenvalue weighted by Crippen LogP contribution is 2.23. The molecule has 0 spiro atoms. The topological polar surface area (TPSA) is 37.8 Å². The highest BCUT2D eigenvalue weighted by atomic mass is 15.0. The Balaban J connectivity index is 2.36. The van der Waals surface area contributed by atoms with Crippen molar-refractivity contribution in [3.05, 3.63) is 53.0 Å². The summed E-state index contributed by atoms with van der Waals surface area (Å²) in [5, 5.41) is 3.13. The van der Waals surface area contributed by atoms with E-state index in [1.807, 2.05) is 13.1 Å². The van der Waals surface area contributed by atoms with Crippen LogP contribution in [0.1, 0.15) is 43.4 Å². The van der Waals surface area contributed by atoms with Gasteiger partial charge in [0.2, 0.25) is 0 Å². The van der Waals surface area contributed by atoms with Gasteiger partial charge in [0, 0.05) is 24.9 Å². The summed E-state index contributed by atoms with van der Waals surface area (Å²) in [5.41, 5.74) is 3.61. The van der Waals surface area contributed by atoms with Gasteiger partial charge in [0.1, 0.15) is 11.6 Å². The third-order valence-corrected chi connectivity index (χ3v) is 3.24. The zero-order valence-corrected chi connectivity index (χ0v) is 13.0. The van der Waals surface area contributed by atoms with Crippen molar-refractivity contribution in [3.63, 3.8) is 0 Å². The van der Waals surface area contributed by atoms with Crippen LogP contribution in [0.3, 0.4) is 0 Å². The summed E-state index contributed by atoms with van der Waals surface area (Å²) in [6.07, 6.45) is 0.764. The van der Waals surface area contributed by atoms with Crippen molar-refractivity contribution in [2.75, 3.05) is 12.4 Å². The van der Waals surface area contributed by atoms with Gasteiger partial charge in [-0.25, -0.2) is 9.97 Å². The average Bonchev–Trinajstić information content (AvgIpc) is 2.37. The molecule has 0 atom stereocenters. The maximum absolute atomic E-state index is 4.73. The Morgan fingerprint density at radius 1 is 1.10 bits per heavy atom. The first kappa shape index (κ1) is 14.5. The minimum Gasteiger partial charge on any atom is -0.373 e. The first-order valence-electron chi connectivity index (χ1n) is 7.00. The van der Waals surface area contributed by atoms with Crippen LogP contribution in [0.5, 0.6) is 0 Å². The van der Waals surface area contributed by atoms with Crippen LogP contribution in [0.4, 0.5) is 5.82 Å². The molecule has 0 aliphatic rings. The smallest absolute Gasteiger partial charge is 0.135 e. The van der Waals surface area contributed by atoms with E-state index in [9.17, 15) is 0 Å². The van der Waals surface area contributed by atoms with Crippen molar-refractivity contribution in [1.82, 2.24) is 9.97 Å². The fraction of sp³-hybridized carbons (Fsp3) is 0.412. The lowest BCUT2D eigenvalue weighted by atomic mass is 9.92.